The Morgan fingerprint density at radius 1 is 0.950 bits per heavy atom. The van der Waals surface area contributed by atoms with Crippen LogP contribution in [0.2, 0.25) is 0 Å². The van der Waals surface area contributed by atoms with Crippen molar-refractivity contribution in [2.75, 3.05) is 5.32 Å². The molecule has 0 saturated heterocycles. The maximum atomic E-state index is 4.79. The number of benzene rings is 2. The number of nitrogens with zero attached hydrogens (tertiary/aromatic N) is 1. The highest BCUT2D eigenvalue weighted by Crippen LogP contribution is 2.20. The molecule has 0 radical (unpaired) electrons. The molecule has 20 heavy (non-hydrogen) atoms. The van der Waals surface area contributed by atoms with Crippen LogP contribution in [0.25, 0.3) is 0 Å². The molecule has 0 bridgehead atoms. The zero-order valence-corrected chi connectivity index (χ0v) is 12.5. The highest BCUT2D eigenvalue weighted by atomic mass is 15.0. The average molecular weight is 266 g/mol. The van der Waals surface area contributed by atoms with Gasteiger partial charge in [-0.25, -0.2) is 4.99 Å². The van der Waals surface area contributed by atoms with E-state index in [-0.39, 0.29) is 0 Å². The van der Waals surface area contributed by atoms with Crippen LogP contribution in [0, 0.1) is 13.8 Å². The molecule has 0 atom stereocenters. The SMILES string of the molecule is CCCC(=Nc1ccccc1C)Nc1ccccc1C. The fraction of sp³-hybridized carbons (Fsp3) is 0.278. The molecule has 0 heterocycles. The summed E-state index contributed by atoms with van der Waals surface area (Å²) in [6.07, 6.45) is 2.02. The Morgan fingerprint density at radius 2 is 1.60 bits per heavy atom. The summed E-state index contributed by atoms with van der Waals surface area (Å²) in [7, 11) is 0. The van der Waals surface area contributed by atoms with Gasteiger partial charge < -0.3 is 5.32 Å². The van der Waals surface area contributed by atoms with E-state index in [4.69, 9.17) is 4.99 Å². The summed E-state index contributed by atoms with van der Waals surface area (Å²) >= 11 is 0. The van der Waals surface area contributed by atoms with Gasteiger partial charge in [0.1, 0.15) is 5.84 Å². The van der Waals surface area contributed by atoms with Crippen molar-refractivity contribution in [2.24, 2.45) is 4.99 Å². The molecule has 2 heteroatoms. The van der Waals surface area contributed by atoms with Gasteiger partial charge in [0.05, 0.1) is 5.69 Å². The van der Waals surface area contributed by atoms with Gasteiger partial charge in [0.25, 0.3) is 0 Å². The van der Waals surface area contributed by atoms with E-state index in [1.165, 1.54) is 11.1 Å². The Hall–Kier alpha value is -2.09. The maximum Gasteiger partial charge on any atom is 0.107 e. The van der Waals surface area contributed by atoms with Gasteiger partial charge in [-0.05, 0) is 43.5 Å². The Bertz CT molecular complexity index is 600. The fourth-order valence-electron chi connectivity index (χ4n) is 2.09. The second-order valence-electron chi connectivity index (χ2n) is 5.03. The van der Waals surface area contributed by atoms with Crippen LogP contribution in [0.4, 0.5) is 11.4 Å². The Morgan fingerprint density at radius 3 is 2.25 bits per heavy atom. The van der Waals surface area contributed by atoms with Gasteiger partial charge in [0, 0.05) is 12.1 Å². The van der Waals surface area contributed by atoms with Crippen LogP contribution in [0.15, 0.2) is 53.5 Å². The molecule has 0 aliphatic heterocycles. The van der Waals surface area contributed by atoms with Gasteiger partial charge in [-0.2, -0.15) is 0 Å². The summed E-state index contributed by atoms with van der Waals surface area (Å²) in [5, 5.41) is 3.47. The largest absolute Gasteiger partial charge is 0.344 e. The van der Waals surface area contributed by atoms with Crippen molar-refractivity contribution in [3.05, 3.63) is 59.7 Å². The van der Waals surface area contributed by atoms with Gasteiger partial charge >= 0.3 is 0 Å². The summed E-state index contributed by atoms with van der Waals surface area (Å²) in [6.45, 7) is 6.38. The number of amidine groups is 1. The van der Waals surface area contributed by atoms with Gasteiger partial charge in [-0.15, -0.1) is 0 Å². The zero-order chi connectivity index (χ0) is 14.4. The lowest BCUT2D eigenvalue weighted by Gasteiger charge is -2.12. The van der Waals surface area contributed by atoms with Crippen LogP contribution in [-0.2, 0) is 0 Å². The summed E-state index contributed by atoms with van der Waals surface area (Å²) < 4.78 is 0. The van der Waals surface area contributed by atoms with Crippen molar-refractivity contribution in [1.82, 2.24) is 0 Å². The fourth-order valence-corrected chi connectivity index (χ4v) is 2.09. The van der Waals surface area contributed by atoms with Crippen LogP contribution in [0.5, 0.6) is 0 Å². The van der Waals surface area contributed by atoms with Crippen molar-refractivity contribution in [1.29, 1.82) is 0 Å². The minimum atomic E-state index is 0.947. The highest BCUT2D eigenvalue weighted by molar-refractivity contribution is 5.97. The van der Waals surface area contributed by atoms with Gasteiger partial charge in [0.2, 0.25) is 0 Å². The minimum Gasteiger partial charge on any atom is -0.344 e. The molecule has 0 spiro atoms. The molecular formula is C18H22N2. The van der Waals surface area contributed by atoms with E-state index >= 15 is 0 Å². The molecule has 2 aromatic rings. The molecule has 104 valence electrons. The third-order valence-electron chi connectivity index (χ3n) is 3.28. The van der Waals surface area contributed by atoms with Crippen LogP contribution in [0.3, 0.4) is 0 Å². The quantitative estimate of drug-likeness (QED) is 0.593. The van der Waals surface area contributed by atoms with E-state index in [0.29, 0.717) is 0 Å². The van der Waals surface area contributed by atoms with Crippen molar-refractivity contribution < 1.29 is 0 Å². The molecule has 0 unspecified atom stereocenters. The molecule has 0 aromatic heterocycles. The normalized spacial score (nSPS) is 11.4. The summed E-state index contributed by atoms with van der Waals surface area (Å²) in [4.78, 5) is 4.79. The van der Waals surface area contributed by atoms with E-state index < -0.39 is 0 Å². The molecule has 2 aromatic carbocycles. The van der Waals surface area contributed by atoms with Crippen molar-refractivity contribution in [2.45, 2.75) is 33.6 Å². The van der Waals surface area contributed by atoms with Crippen LogP contribution in [0.1, 0.15) is 30.9 Å². The lowest BCUT2D eigenvalue weighted by Crippen LogP contribution is -2.12. The number of rotatable bonds is 4. The summed E-state index contributed by atoms with van der Waals surface area (Å²) in [6, 6.07) is 16.5. The average Bonchev–Trinajstić information content (AvgIpc) is 2.44. The molecule has 0 saturated carbocycles. The standard InChI is InChI=1S/C18H22N2/c1-4-9-18(19-16-12-7-5-10-14(16)2)20-17-13-8-6-11-15(17)3/h5-8,10-13H,4,9H2,1-3H3,(H,19,20). The first kappa shape index (κ1) is 14.3. The minimum absolute atomic E-state index is 0.947. The second-order valence-corrected chi connectivity index (χ2v) is 5.03. The number of para-hydroxylation sites is 2. The molecule has 2 rings (SSSR count). The first-order chi connectivity index (χ1) is 9.70. The van der Waals surface area contributed by atoms with Crippen LogP contribution < -0.4 is 5.32 Å². The van der Waals surface area contributed by atoms with E-state index in [9.17, 15) is 0 Å². The predicted molar refractivity (Wildman–Crippen MR) is 88.0 cm³/mol. The molecule has 2 nitrogen and oxygen atoms in total. The molecule has 0 fully saturated rings. The predicted octanol–water partition coefficient (Wildman–Crippen LogP) is 5.25. The third-order valence-corrected chi connectivity index (χ3v) is 3.28. The zero-order valence-electron chi connectivity index (χ0n) is 12.5. The smallest absolute Gasteiger partial charge is 0.107 e. The van der Waals surface area contributed by atoms with Gasteiger partial charge in [-0.1, -0.05) is 43.3 Å². The third kappa shape index (κ3) is 3.70. The molecule has 0 aliphatic rings. The monoisotopic (exact) mass is 266 g/mol. The van der Waals surface area contributed by atoms with Gasteiger partial charge in [-0.3, -0.25) is 0 Å². The maximum absolute atomic E-state index is 4.79. The van der Waals surface area contributed by atoms with E-state index in [1.54, 1.807) is 0 Å². The lowest BCUT2D eigenvalue weighted by atomic mass is 10.2. The Balaban J connectivity index is 2.28. The highest BCUT2D eigenvalue weighted by Gasteiger charge is 2.03. The number of anilines is 1. The van der Waals surface area contributed by atoms with E-state index in [1.807, 2.05) is 18.2 Å². The Labute approximate surface area is 121 Å². The first-order valence-electron chi connectivity index (χ1n) is 7.16. The summed E-state index contributed by atoms with van der Waals surface area (Å²) in [5.41, 5.74) is 4.61. The van der Waals surface area contributed by atoms with Crippen molar-refractivity contribution in [3.8, 4) is 0 Å². The number of nitrogens with one attached hydrogen (secondary N) is 1. The number of hydrogen-bond donors (Lipinski definition) is 1. The first-order valence-corrected chi connectivity index (χ1v) is 7.16. The Kier molecular flexibility index (Phi) is 4.94. The molecule has 1 N–H and O–H groups in total. The second kappa shape index (κ2) is 6.90. The summed E-state index contributed by atoms with van der Waals surface area (Å²) in [5.74, 6) is 1.02. The number of hydrogen-bond acceptors (Lipinski definition) is 1. The van der Waals surface area contributed by atoms with E-state index in [2.05, 4.69) is 56.4 Å². The van der Waals surface area contributed by atoms with Crippen molar-refractivity contribution >= 4 is 17.2 Å². The number of aryl methyl sites for hydroxylation is 2. The molecule has 0 aliphatic carbocycles. The topological polar surface area (TPSA) is 24.4 Å². The number of aliphatic imine (C=N–C) groups is 1. The lowest BCUT2D eigenvalue weighted by molar-refractivity contribution is 0.988. The van der Waals surface area contributed by atoms with E-state index in [0.717, 1.165) is 30.1 Å². The van der Waals surface area contributed by atoms with Crippen molar-refractivity contribution in [3.63, 3.8) is 0 Å². The van der Waals surface area contributed by atoms with Crippen LogP contribution in [-0.4, -0.2) is 5.84 Å². The molecule has 0 amide bonds. The van der Waals surface area contributed by atoms with Crippen LogP contribution >= 0.6 is 0 Å². The van der Waals surface area contributed by atoms with Gasteiger partial charge in [0.15, 0.2) is 0 Å². The molecular weight excluding hydrogens is 244 g/mol.